The third-order valence-corrected chi connectivity index (χ3v) is 10.6. The number of hydrogen-bond donors (Lipinski definition) is 1. The zero-order chi connectivity index (χ0) is 31.3. The Labute approximate surface area is 249 Å². The molecule has 1 unspecified atom stereocenters. The molecule has 2 heterocycles. The van der Waals surface area contributed by atoms with Crippen LogP contribution in [0, 0.1) is 5.41 Å². The van der Waals surface area contributed by atoms with Crippen LogP contribution in [0.2, 0.25) is 0 Å². The van der Waals surface area contributed by atoms with Crippen molar-refractivity contribution >= 4 is 5.91 Å². The van der Waals surface area contributed by atoms with Crippen LogP contribution < -0.4 is 5.32 Å². The van der Waals surface area contributed by atoms with Crippen molar-refractivity contribution in [3.05, 3.63) is 70.8 Å². The smallest absolute Gasteiger partial charge is 0.375 e. The Bertz CT molecular complexity index is 1260. The lowest BCUT2D eigenvalue weighted by Gasteiger charge is -2.50. The summed E-state index contributed by atoms with van der Waals surface area (Å²) in [5.74, 6) is -1.82. The van der Waals surface area contributed by atoms with Crippen molar-refractivity contribution < 1.29 is 35.9 Å². The van der Waals surface area contributed by atoms with E-state index < -0.39 is 40.8 Å². The SMILES string of the molecule is CC(C(=O)NC1(c2ccccc2)CCC(N2CCC3(CCOC3(C)C)CC2)CC1)c1cc(C(F)(F)F)cc(C(F)(F)F)c1. The van der Waals surface area contributed by atoms with Gasteiger partial charge in [0.1, 0.15) is 0 Å². The highest BCUT2D eigenvalue weighted by Crippen LogP contribution is 2.51. The molecule has 1 aliphatic carbocycles. The molecule has 1 amide bonds. The van der Waals surface area contributed by atoms with Gasteiger partial charge in [-0.15, -0.1) is 0 Å². The molecule has 0 radical (unpaired) electrons. The number of rotatable bonds is 5. The summed E-state index contributed by atoms with van der Waals surface area (Å²) >= 11 is 0. The number of piperidine rings is 1. The van der Waals surface area contributed by atoms with Gasteiger partial charge in [0.15, 0.2) is 0 Å². The Balaban J connectivity index is 1.33. The van der Waals surface area contributed by atoms with Crippen LogP contribution in [0.4, 0.5) is 26.3 Å². The second kappa shape index (κ2) is 11.4. The maximum Gasteiger partial charge on any atom is 0.416 e. The molecule has 1 atom stereocenters. The number of amides is 1. The van der Waals surface area contributed by atoms with Gasteiger partial charge in [0.2, 0.25) is 5.91 Å². The summed E-state index contributed by atoms with van der Waals surface area (Å²) in [5.41, 5.74) is -2.98. The predicted octanol–water partition coefficient (Wildman–Crippen LogP) is 8.06. The van der Waals surface area contributed by atoms with Crippen LogP contribution in [-0.2, 0) is 27.4 Å². The zero-order valence-electron chi connectivity index (χ0n) is 24.9. The van der Waals surface area contributed by atoms with Crippen LogP contribution >= 0.6 is 0 Å². The summed E-state index contributed by atoms with van der Waals surface area (Å²) in [6, 6.07) is 11.2. The number of hydrogen-bond acceptors (Lipinski definition) is 3. The maximum absolute atomic E-state index is 13.6. The molecule has 2 aromatic carbocycles. The fraction of sp³-hybridized carbons (Fsp3) is 0.606. The van der Waals surface area contributed by atoms with Gasteiger partial charge in [-0.1, -0.05) is 30.3 Å². The molecule has 236 valence electrons. The number of carbonyl (C=O) groups excluding carboxylic acids is 1. The second-order valence-electron chi connectivity index (χ2n) is 13.2. The van der Waals surface area contributed by atoms with Gasteiger partial charge in [0.05, 0.1) is 28.2 Å². The molecule has 5 rings (SSSR count). The molecule has 10 heteroatoms. The van der Waals surface area contributed by atoms with Gasteiger partial charge in [-0.3, -0.25) is 4.79 Å². The number of ether oxygens (including phenoxy) is 1. The van der Waals surface area contributed by atoms with Crippen molar-refractivity contribution in [3.8, 4) is 0 Å². The Hall–Kier alpha value is -2.59. The lowest BCUT2D eigenvalue weighted by Crippen LogP contribution is -2.55. The third-order valence-electron chi connectivity index (χ3n) is 10.6. The highest BCUT2D eigenvalue weighted by Gasteiger charge is 2.52. The topological polar surface area (TPSA) is 41.6 Å². The van der Waals surface area contributed by atoms with Gasteiger partial charge < -0.3 is 15.0 Å². The average molecular weight is 611 g/mol. The highest BCUT2D eigenvalue weighted by molar-refractivity contribution is 5.84. The lowest BCUT2D eigenvalue weighted by atomic mass is 9.66. The summed E-state index contributed by atoms with van der Waals surface area (Å²) in [5, 5.41) is 3.10. The Morgan fingerprint density at radius 1 is 0.884 bits per heavy atom. The first-order valence-corrected chi connectivity index (χ1v) is 15.1. The van der Waals surface area contributed by atoms with Crippen LogP contribution in [0.5, 0.6) is 0 Å². The largest absolute Gasteiger partial charge is 0.416 e. The third kappa shape index (κ3) is 6.32. The fourth-order valence-electron chi connectivity index (χ4n) is 7.55. The van der Waals surface area contributed by atoms with Crippen LogP contribution in [0.15, 0.2) is 48.5 Å². The molecule has 1 spiro atoms. The van der Waals surface area contributed by atoms with Gasteiger partial charge >= 0.3 is 12.4 Å². The Morgan fingerprint density at radius 3 is 1.93 bits per heavy atom. The van der Waals surface area contributed by atoms with Crippen molar-refractivity contribution in [1.82, 2.24) is 10.2 Å². The van der Waals surface area contributed by atoms with E-state index in [0.29, 0.717) is 31.0 Å². The standard InChI is InChI=1S/C33H40F6N2O2/c1-22(23-19-25(32(34,35)36)21-26(20-23)33(37,38)39)28(42)40-31(24-7-5-4-6-8-24)11-9-27(10-12-31)41-16-13-30(14-17-41)15-18-43-29(30,2)3/h4-8,19-22,27H,9-18H2,1-3H3,(H,40,42). The minimum atomic E-state index is -4.98. The van der Waals surface area contributed by atoms with E-state index in [0.717, 1.165) is 57.4 Å². The number of carbonyl (C=O) groups is 1. The maximum atomic E-state index is 13.6. The average Bonchev–Trinajstić information content (AvgIpc) is 3.25. The van der Waals surface area contributed by atoms with Crippen molar-refractivity contribution in [2.75, 3.05) is 19.7 Å². The summed E-state index contributed by atoms with van der Waals surface area (Å²) in [6.07, 6.45) is -3.86. The fourth-order valence-corrected chi connectivity index (χ4v) is 7.55. The van der Waals surface area contributed by atoms with Gasteiger partial charge in [-0.25, -0.2) is 0 Å². The molecule has 3 aliphatic rings. The van der Waals surface area contributed by atoms with Crippen LogP contribution in [0.1, 0.15) is 93.9 Å². The number of likely N-dealkylation sites (tertiary alicyclic amines) is 1. The van der Waals surface area contributed by atoms with Gasteiger partial charge in [0.25, 0.3) is 0 Å². The minimum absolute atomic E-state index is 0.0873. The molecule has 2 aromatic rings. The first-order chi connectivity index (χ1) is 20.1. The summed E-state index contributed by atoms with van der Waals surface area (Å²) in [7, 11) is 0. The molecule has 1 N–H and O–H groups in total. The number of halogens is 6. The van der Waals surface area contributed by atoms with Crippen molar-refractivity contribution in [1.29, 1.82) is 0 Å². The van der Waals surface area contributed by atoms with Gasteiger partial charge in [-0.2, -0.15) is 26.3 Å². The van der Waals surface area contributed by atoms with Crippen LogP contribution in [0.25, 0.3) is 0 Å². The molecule has 0 bridgehead atoms. The van der Waals surface area contributed by atoms with E-state index in [9.17, 15) is 31.1 Å². The highest BCUT2D eigenvalue weighted by atomic mass is 19.4. The van der Waals surface area contributed by atoms with Crippen molar-refractivity contribution in [2.45, 2.75) is 101 Å². The van der Waals surface area contributed by atoms with Gasteiger partial charge in [0, 0.05) is 18.1 Å². The number of alkyl halides is 6. The second-order valence-corrected chi connectivity index (χ2v) is 13.2. The minimum Gasteiger partial charge on any atom is -0.375 e. The number of nitrogens with zero attached hydrogens (tertiary/aromatic N) is 1. The first kappa shape index (κ1) is 31.8. The molecule has 1 saturated carbocycles. The van der Waals surface area contributed by atoms with Crippen molar-refractivity contribution in [2.24, 2.45) is 5.41 Å². The quantitative estimate of drug-likeness (QED) is 0.348. The molecule has 4 nitrogen and oxygen atoms in total. The van der Waals surface area contributed by atoms with E-state index in [1.54, 1.807) is 0 Å². The summed E-state index contributed by atoms with van der Waals surface area (Å²) in [6.45, 7) is 8.50. The molecule has 2 aliphatic heterocycles. The summed E-state index contributed by atoms with van der Waals surface area (Å²) < 4.78 is 87.0. The van der Waals surface area contributed by atoms with E-state index in [1.807, 2.05) is 30.3 Å². The van der Waals surface area contributed by atoms with E-state index in [-0.39, 0.29) is 22.6 Å². The van der Waals surface area contributed by atoms with Crippen LogP contribution in [0.3, 0.4) is 0 Å². The molecular weight excluding hydrogens is 570 g/mol. The first-order valence-electron chi connectivity index (χ1n) is 15.1. The molecule has 43 heavy (non-hydrogen) atoms. The lowest BCUT2D eigenvalue weighted by molar-refractivity contribution is -0.143. The van der Waals surface area contributed by atoms with E-state index in [4.69, 9.17) is 4.74 Å². The monoisotopic (exact) mass is 610 g/mol. The molecular formula is C33H40F6N2O2. The molecule has 0 aromatic heterocycles. The Kier molecular flexibility index (Phi) is 8.44. The van der Waals surface area contributed by atoms with E-state index >= 15 is 0 Å². The Morgan fingerprint density at radius 2 is 1.44 bits per heavy atom. The van der Waals surface area contributed by atoms with E-state index in [2.05, 4.69) is 24.1 Å². The van der Waals surface area contributed by atoms with E-state index in [1.165, 1.54) is 6.92 Å². The molecule has 2 saturated heterocycles. The normalized spacial score (nSPS) is 26.8. The van der Waals surface area contributed by atoms with Gasteiger partial charge in [-0.05, 0) is 108 Å². The van der Waals surface area contributed by atoms with Crippen molar-refractivity contribution in [3.63, 3.8) is 0 Å². The predicted molar refractivity (Wildman–Crippen MR) is 151 cm³/mol. The zero-order valence-corrected chi connectivity index (χ0v) is 24.9. The number of benzene rings is 2. The number of nitrogens with one attached hydrogen (secondary N) is 1. The molecule has 3 fully saturated rings. The van der Waals surface area contributed by atoms with Crippen LogP contribution in [-0.4, -0.2) is 42.1 Å². The summed E-state index contributed by atoms with van der Waals surface area (Å²) in [4.78, 5) is 16.1.